The Kier molecular flexibility index (Phi) is 16.5. The van der Waals surface area contributed by atoms with Crippen LogP contribution in [0.3, 0.4) is 0 Å². The standard InChI is InChI=1S/C23H21F3N2O.C16H17BrN2O.C7H6BF3O2/c24-23(25,26)20-9-5-4-8-19(20)21-11-10-17(14-27-21)15-28-12-13-29-22(16-28)18-6-2-1-3-7-18;17-16-7-6-13(10-18-16)11-19-8-9-20-15(12-19)14-4-2-1-3-5-14;9-7(10,11)5-3-1-2-4-6(5)8(12)13/h1-11,14,22H,12-13,15-16H2;1-7,10,15H,8-9,11-12H2;1-4,12-13H. The summed E-state index contributed by atoms with van der Waals surface area (Å²) in [6.45, 7) is 6.51. The molecule has 8 nitrogen and oxygen atoms in total. The maximum Gasteiger partial charge on any atom is 0.489 e. The molecular weight excluding hydrogens is 877 g/mol. The van der Waals surface area contributed by atoms with E-state index in [1.807, 2.05) is 42.6 Å². The molecule has 2 aromatic heterocycles. The number of alkyl halides is 6. The molecule has 324 valence electrons. The third kappa shape index (κ3) is 13.5. The summed E-state index contributed by atoms with van der Waals surface area (Å²) in [7, 11) is -2.10. The lowest BCUT2D eigenvalue weighted by molar-refractivity contribution is -0.137. The number of aromatic nitrogens is 2. The van der Waals surface area contributed by atoms with Gasteiger partial charge in [-0.15, -0.1) is 0 Å². The Hall–Kier alpha value is -4.94. The van der Waals surface area contributed by atoms with Crippen LogP contribution in [0.25, 0.3) is 11.3 Å². The average molecular weight is 922 g/mol. The van der Waals surface area contributed by atoms with Crippen molar-refractivity contribution in [2.45, 2.75) is 37.7 Å². The van der Waals surface area contributed by atoms with Crippen molar-refractivity contribution in [1.82, 2.24) is 19.8 Å². The highest BCUT2D eigenvalue weighted by molar-refractivity contribution is 9.10. The van der Waals surface area contributed by atoms with Crippen LogP contribution in [-0.4, -0.2) is 76.3 Å². The van der Waals surface area contributed by atoms with Gasteiger partial charge in [0, 0.05) is 57.2 Å². The van der Waals surface area contributed by atoms with E-state index in [4.69, 9.17) is 19.5 Å². The van der Waals surface area contributed by atoms with Crippen LogP contribution in [0.2, 0.25) is 0 Å². The fourth-order valence-electron chi connectivity index (χ4n) is 7.06. The third-order valence-electron chi connectivity index (χ3n) is 10.1. The van der Waals surface area contributed by atoms with E-state index in [1.54, 1.807) is 18.3 Å². The van der Waals surface area contributed by atoms with E-state index in [1.165, 1.54) is 35.4 Å². The molecule has 0 radical (unpaired) electrons. The molecule has 2 fully saturated rings. The quantitative estimate of drug-likeness (QED) is 0.0889. The van der Waals surface area contributed by atoms with Gasteiger partial charge in [0.25, 0.3) is 0 Å². The zero-order chi connectivity index (χ0) is 44.1. The summed E-state index contributed by atoms with van der Waals surface area (Å²) < 4.78 is 89.0. The molecule has 2 N–H and O–H groups in total. The topological polar surface area (TPSA) is 91.2 Å². The van der Waals surface area contributed by atoms with E-state index in [-0.39, 0.29) is 17.8 Å². The predicted molar refractivity (Wildman–Crippen MR) is 229 cm³/mol. The van der Waals surface area contributed by atoms with Crippen molar-refractivity contribution in [2.24, 2.45) is 0 Å². The number of morpholine rings is 2. The van der Waals surface area contributed by atoms with Gasteiger partial charge in [-0.1, -0.05) is 115 Å². The number of benzene rings is 4. The van der Waals surface area contributed by atoms with E-state index >= 15 is 0 Å². The molecule has 62 heavy (non-hydrogen) atoms. The zero-order valence-corrected chi connectivity index (χ0v) is 35.0. The van der Waals surface area contributed by atoms with Crippen molar-refractivity contribution in [3.63, 3.8) is 0 Å². The molecule has 2 unspecified atom stereocenters. The first-order valence-corrected chi connectivity index (χ1v) is 20.6. The largest absolute Gasteiger partial charge is 0.489 e. The lowest BCUT2D eigenvalue weighted by atomic mass is 9.77. The van der Waals surface area contributed by atoms with E-state index in [2.05, 4.69) is 78.2 Å². The Balaban J connectivity index is 0.000000168. The van der Waals surface area contributed by atoms with Gasteiger partial charge in [0.05, 0.1) is 42.2 Å². The van der Waals surface area contributed by atoms with Crippen LogP contribution in [0, 0.1) is 0 Å². The second-order valence-electron chi connectivity index (χ2n) is 14.6. The SMILES string of the molecule is Brc1ccc(CN2CCOC(c3ccccc3)C2)cn1.FC(F)(F)c1ccccc1-c1ccc(CN2CCOC(c3ccccc3)C2)cn1.OB(O)c1ccccc1C(F)(F)F. The highest BCUT2D eigenvalue weighted by Gasteiger charge is 2.36. The van der Waals surface area contributed by atoms with Crippen LogP contribution in [0.5, 0.6) is 0 Å². The van der Waals surface area contributed by atoms with Gasteiger partial charge in [-0.25, -0.2) is 4.98 Å². The molecule has 4 aromatic carbocycles. The van der Waals surface area contributed by atoms with Crippen molar-refractivity contribution in [1.29, 1.82) is 0 Å². The number of hydrogen-bond acceptors (Lipinski definition) is 8. The minimum absolute atomic E-state index is 0.0239. The Morgan fingerprint density at radius 1 is 0.581 bits per heavy atom. The molecule has 4 heterocycles. The Morgan fingerprint density at radius 3 is 1.50 bits per heavy atom. The molecule has 2 aliphatic rings. The fourth-order valence-corrected chi connectivity index (χ4v) is 7.29. The van der Waals surface area contributed by atoms with Gasteiger partial charge in [0.15, 0.2) is 0 Å². The average Bonchev–Trinajstić information content (AvgIpc) is 3.28. The molecule has 2 atom stereocenters. The van der Waals surface area contributed by atoms with E-state index in [0.29, 0.717) is 18.8 Å². The molecule has 6 aromatic rings. The summed E-state index contributed by atoms with van der Waals surface area (Å²) in [5.74, 6) is 0. The first-order valence-electron chi connectivity index (χ1n) is 19.8. The first-order chi connectivity index (χ1) is 29.7. The lowest BCUT2D eigenvalue weighted by Gasteiger charge is -2.33. The summed E-state index contributed by atoms with van der Waals surface area (Å²) in [4.78, 5) is 13.3. The molecule has 16 heteroatoms. The Morgan fingerprint density at radius 2 is 1.05 bits per heavy atom. The molecule has 0 spiro atoms. The minimum atomic E-state index is -4.56. The maximum atomic E-state index is 13.3. The number of hydrogen-bond donors (Lipinski definition) is 2. The van der Waals surface area contributed by atoms with Crippen LogP contribution in [0.4, 0.5) is 26.3 Å². The van der Waals surface area contributed by atoms with Crippen molar-refractivity contribution >= 4 is 28.5 Å². The lowest BCUT2D eigenvalue weighted by Crippen LogP contribution is -2.37. The van der Waals surface area contributed by atoms with Crippen LogP contribution in [0.15, 0.2) is 150 Å². The van der Waals surface area contributed by atoms with Crippen molar-refractivity contribution in [2.75, 3.05) is 39.4 Å². The second-order valence-corrected chi connectivity index (χ2v) is 15.4. The van der Waals surface area contributed by atoms with Crippen molar-refractivity contribution in [3.05, 3.63) is 184 Å². The van der Waals surface area contributed by atoms with Gasteiger partial charge >= 0.3 is 19.5 Å². The molecular formula is C46H44BBrF6N4O4. The predicted octanol–water partition coefficient (Wildman–Crippen LogP) is 9.14. The molecule has 2 saturated heterocycles. The molecule has 0 amide bonds. The van der Waals surface area contributed by atoms with Gasteiger partial charge in [-0.2, -0.15) is 26.3 Å². The zero-order valence-electron chi connectivity index (χ0n) is 33.4. The van der Waals surface area contributed by atoms with E-state index in [0.717, 1.165) is 73.3 Å². The van der Waals surface area contributed by atoms with E-state index in [9.17, 15) is 26.3 Å². The maximum absolute atomic E-state index is 13.3. The number of nitrogens with zero attached hydrogens (tertiary/aromatic N) is 4. The van der Waals surface area contributed by atoms with Crippen molar-refractivity contribution < 1.29 is 45.9 Å². The van der Waals surface area contributed by atoms with E-state index < -0.39 is 36.1 Å². The van der Waals surface area contributed by atoms with Gasteiger partial charge in [0.2, 0.25) is 0 Å². The molecule has 0 bridgehead atoms. The minimum Gasteiger partial charge on any atom is -0.423 e. The van der Waals surface area contributed by atoms with Gasteiger partial charge < -0.3 is 19.5 Å². The highest BCUT2D eigenvalue weighted by atomic mass is 79.9. The highest BCUT2D eigenvalue weighted by Crippen LogP contribution is 2.36. The van der Waals surface area contributed by atoms with Crippen LogP contribution in [-0.2, 0) is 34.9 Å². The fraction of sp³-hybridized carbons (Fsp3) is 0.261. The molecule has 0 aliphatic carbocycles. The number of pyridine rings is 2. The molecule has 0 saturated carbocycles. The van der Waals surface area contributed by atoms with Gasteiger partial charge in [-0.3, -0.25) is 14.8 Å². The number of halogens is 7. The van der Waals surface area contributed by atoms with Crippen molar-refractivity contribution in [3.8, 4) is 11.3 Å². The first kappa shape index (κ1) is 46.6. The number of ether oxygens (including phenoxy) is 2. The summed E-state index contributed by atoms with van der Waals surface area (Å²) in [5, 5.41) is 17.2. The summed E-state index contributed by atoms with van der Waals surface area (Å²) in [5.41, 5.74) is 2.81. The normalized spacial score (nSPS) is 17.2. The second kappa shape index (κ2) is 21.9. The van der Waals surface area contributed by atoms with Crippen LogP contribution < -0.4 is 5.46 Å². The molecule has 8 rings (SSSR count). The van der Waals surface area contributed by atoms with Crippen LogP contribution in [0.1, 0.15) is 45.6 Å². The van der Waals surface area contributed by atoms with Crippen LogP contribution >= 0.6 is 15.9 Å². The summed E-state index contributed by atoms with van der Waals surface area (Å²) >= 11 is 3.37. The monoisotopic (exact) mass is 920 g/mol. The van der Waals surface area contributed by atoms with Gasteiger partial charge in [-0.05, 0) is 61.8 Å². The Labute approximate surface area is 365 Å². The number of rotatable bonds is 8. The smallest absolute Gasteiger partial charge is 0.423 e. The molecule has 2 aliphatic heterocycles. The Bertz CT molecular complexity index is 2280. The van der Waals surface area contributed by atoms with Gasteiger partial charge in [0.1, 0.15) is 4.60 Å². The summed E-state index contributed by atoms with van der Waals surface area (Å²) in [6.07, 6.45) is -5.17. The third-order valence-corrected chi connectivity index (χ3v) is 10.6. The summed E-state index contributed by atoms with van der Waals surface area (Å²) in [6, 6.07) is 38.0.